The highest BCUT2D eigenvalue weighted by Gasteiger charge is 2.24. The molecule has 1 aliphatic rings. The molecule has 21 heavy (non-hydrogen) atoms. The Labute approximate surface area is 126 Å². The van der Waals surface area contributed by atoms with E-state index in [1.54, 1.807) is 0 Å². The van der Waals surface area contributed by atoms with Crippen molar-refractivity contribution in [1.82, 2.24) is 15.5 Å². The molecule has 1 heterocycles. The van der Waals surface area contributed by atoms with Crippen LogP contribution in [-0.2, 0) is 0 Å². The van der Waals surface area contributed by atoms with Crippen LogP contribution < -0.4 is 10.1 Å². The molecule has 3 rings (SSSR count). The number of aromatic amines is 1. The second-order valence-corrected chi connectivity index (χ2v) is 6.44. The summed E-state index contributed by atoms with van der Waals surface area (Å²) in [5.41, 5.74) is 2.25. The maximum Gasteiger partial charge on any atom is 0.123 e. The fourth-order valence-corrected chi connectivity index (χ4v) is 3.32. The normalized spacial score (nSPS) is 22.9. The van der Waals surface area contributed by atoms with Crippen molar-refractivity contribution in [1.29, 1.82) is 0 Å². The van der Waals surface area contributed by atoms with Gasteiger partial charge >= 0.3 is 0 Å². The minimum atomic E-state index is 0.318. The number of nitrogens with one attached hydrogen (secondary N) is 2. The Morgan fingerprint density at radius 2 is 2.19 bits per heavy atom. The number of fused-ring (bicyclic) bond motifs is 1. The van der Waals surface area contributed by atoms with Crippen LogP contribution in [0.15, 0.2) is 18.3 Å². The first kappa shape index (κ1) is 14.4. The van der Waals surface area contributed by atoms with Crippen molar-refractivity contribution in [3.63, 3.8) is 0 Å². The second kappa shape index (κ2) is 6.06. The first-order valence-corrected chi connectivity index (χ1v) is 7.99. The van der Waals surface area contributed by atoms with Gasteiger partial charge in [0.05, 0.1) is 11.7 Å². The van der Waals surface area contributed by atoms with Gasteiger partial charge in [0.15, 0.2) is 0 Å². The summed E-state index contributed by atoms with van der Waals surface area (Å²) < 4.78 is 6.29. The van der Waals surface area contributed by atoms with Crippen LogP contribution >= 0.6 is 0 Å². The van der Waals surface area contributed by atoms with Gasteiger partial charge in [0.1, 0.15) is 11.9 Å². The maximum atomic E-state index is 6.29. The lowest BCUT2D eigenvalue weighted by molar-refractivity contribution is 0.131. The van der Waals surface area contributed by atoms with Crippen LogP contribution in [0.3, 0.4) is 0 Å². The van der Waals surface area contributed by atoms with Crippen molar-refractivity contribution < 1.29 is 4.74 Å². The van der Waals surface area contributed by atoms with Crippen molar-refractivity contribution >= 4 is 10.9 Å². The molecule has 1 fully saturated rings. The van der Waals surface area contributed by atoms with Gasteiger partial charge in [-0.25, -0.2) is 0 Å². The number of aryl methyl sites for hydroxylation is 1. The van der Waals surface area contributed by atoms with E-state index < -0.39 is 0 Å². The van der Waals surface area contributed by atoms with Crippen LogP contribution in [0.4, 0.5) is 0 Å². The minimum Gasteiger partial charge on any atom is -0.490 e. The van der Waals surface area contributed by atoms with Crippen LogP contribution in [0.1, 0.15) is 45.1 Å². The molecule has 1 aromatic heterocycles. The number of ether oxygens (including phenoxy) is 1. The number of nitrogens with zero attached hydrogens (tertiary/aromatic N) is 1. The quantitative estimate of drug-likeness (QED) is 0.904. The van der Waals surface area contributed by atoms with Gasteiger partial charge in [-0.1, -0.05) is 13.8 Å². The van der Waals surface area contributed by atoms with Crippen molar-refractivity contribution in [2.24, 2.45) is 0 Å². The molecule has 4 nitrogen and oxygen atoms in total. The van der Waals surface area contributed by atoms with E-state index >= 15 is 0 Å². The first-order valence-electron chi connectivity index (χ1n) is 7.99. The van der Waals surface area contributed by atoms with Crippen molar-refractivity contribution in [3.05, 3.63) is 23.9 Å². The molecule has 2 aromatic rings. The predicted octanol–water partition coefficient (Wildman–Crippen LogP) is 3.56. The van der Waals surface area contributed by atoms with Gasteiger partial charge in [0.2, 0.25) is 0 Å². The third kappa shape index (κ3) is 3.21. The lowest BCUT2D eigenvalue weighted by Gasteiger charge is -2.31. The SMILES string of the molecule is Cc1c(O[C@@H]2CCC[C@@H](NC(C)C)C2)ccc2[nH]ncc12. The van der Waals surface area contributed by atoms with Crippen molar-refractivity contribution in [2.75, 3.05) is 0 Å². The van der Waals surface area contributed by atoms with E-state index in [4.69, 9.17) is 4.74 Å². The van der Waals surface area contributed by atoms with Gasteiger partial charge in [-0.2, -0.15) is 5.10 Å². The molecular weight excluding hydrogens is 262 g/mol. The highest BCUT2D eigenvalue weighted by atomic mass is 16.5. The Morgan fingerprint density at radius 3 is 3.00 bits per heavy atom. The number of benzene rings is 1. The van der Waals surface area contributed by atoms with E-state index in [-0.39, 0.29) is 0 Å². The fraction of sp³-hybridized carbons (Fsp3) is 0.588. The molecule has 2 N–H and O–H groups in total. The Morgan fingerprint density at radius 1 is 1.33 bits per heavy atom. The van der Waals surface area contributed by atoms with E-state index in [0.29, 0.717) is 18.2 Å². The number of aromatic nitrogens is 2. The molecule has 0 unspecified atom stereocenters. The fourth-order valence-electron chi connectivity index (χ4n) is 3.32. The smallest absolute Gasteiger partial charge is 0.123 e. The average Bonchev–Trinajstić information content (AvgIpc) is 2.91. The van der Waals surface area contributed by atoms with Gasteiger partial charge in [0, 0.05) is 23.0 Å². The molecule has 0 bridgehead atoms. The Bertz CT molecular complexity index is 605. The summed E-state index contributed by atoms with van der Waals surface area (Å²) in [5, 5.41) is 11.9. The molecule has 0 spiro atoms. The monoisotopic (exact) mass is 287 g/mol. The topological polar surface area (TPSA) is 49.9 Å². The zero-order chi connectivity index (χ0) is 14.8. The van der Waals surface area contributed by atoms with E-state index in [1.165, 1.54) is 18.4 Å². The second-order valence-electron chi connectivity index (χ2n) is 6.44. The number of rotatable bonds is 4. The van der Waals surface area contributed by atoms with Crippen LogP contribution in [0.25, 0.3) is 10.9 Å². The molecule has 1 aliphatic carbocycles. The summed E-state index contributed by atoms with van der Waals surface area (Å²) >= 11 is 0. The van der Waals surface area contributed by atoms with Gasteiger partial charge < -0.3 is 10.1 Å². The zero-order valence-electron chi connectivity index (χ0n) is 13.1. The maximum absolute atomic E-state index is 6.29. The summed E-state index contributed by atoms with van der Waals surface area (Å²) in [6.07, 6.45) is 6.94. The van der Waals surface area contributed by atoms with Crippen LogP contribution in [0.5, 0.6) is 5.75 Å². The summed E-state index contributed by atoms with van der Waals surface area (Å²) in [7, 11) is 0. The molecule has 114 valence electrons. The zero-order valence-corrected chi connectivity index (χ0v) is 13.1. The summed E-state index contributed by atoms with van der Waals surface area (Å²) in [4.78, 5) is 0. The number of hydrogen-bond acceptors (Lipinski definition) is 3. The van der Waals surface area contributed by atoms with Crippen LogP contribution in [0, 0.1) is 6.92 Å². The van der Waals surface area contributed by atoms with Crippen molar-refractivity contribution in [2.45, 2.75) is 64.6 Å². The first-order chi connectivity index (χ1) is 10.1. The molecule has 0 aliphatic heterocycles. The lowest BCUT2D eigenvalue weighted by Crippen LogP contribution is -2.41. The summed E-state index contributed by atoms with van der Waals surface area (Å²) in [5.74, 6) is 0.999. The third-order valence-electron chi connectivity index (χ3n) is 4.33. The largest absolute Gasteiger partial charge is 0.490 e. The van der Waals surface area contributed by atoms with Crippen LogP contribution in [-0.4, -0.2) is 28.4 Å². The van der Waals surface area contributed by atoms with Gasteiger partial charge in [-0.05, 0) is 44.7 Å². The lowest BCUT2D eigenvalue weighted by atomic mass is 9.92. The average molecular weight is 287 g/mol. The Balaban J connectivity index is 1.71. The van der Waals surface area contributed by atoms with E-state index in [2.05, 4.69) is 48.4 Å². The number of hydrogen-bond donors (Lipinski definition) is 2. The summed E-state index contributed by atoms with van der Waals surface area (Å²) in [6, 6.07) is 5.24. The molecule has 4 heteroatoms. The van der Waals surface area contributed by atoms with Gasteiger partial charge in [-0.3, -0.25) is 5.10 Å². The van der Waals surface area contributed by atoms with Crippen LogP contribution in [0.2, 0.25) is 0 Å². The van der Waals surface area contributed by atoms with Gasteiger partial charge in [0.25, 0.3) is 0 Å². The Hall–Kier alpha value is -1.55. The molecule has 1 saturated carbocycles. The van der Waals surface area contributed by atoms with Crippen molar-refractivity contribution in [3.8, 4) is 5.75 Å². The highest BCUT2D eigenvalue weighted by Crippen LogP contribution is 2.30. The minimum absolute atomic E-state index is 0.318. The molecule has 0 saturated heterocycles. The van der Waals surface area contributed by atoms with E-state index in [0.717, 1.165) is 29.5 Å². The predicted molar refractivity (Wildman–Crippen MR) is 85.8 cm³/mol. The molecule has 0 radical (unpaired) electrons. The third-order valence-corrected chi connectivity index (χ3v) is 4.33. The number of H-pyrrole nitrogens is 1. The molecule has 2 atom stereocenters. The molecular formula is C17H25N3O. The standard InChI is InChI=1S/C17H25N3O/c1-11(2)19-13-5-4-6-14(9-13)21-17-8-7-16-15(12(17)3)10-18-20-16/h7-8,10-11,13-14,19H,4-6,9H2,1-3H3,(H,18,20)/t13-,14-/m1/s1. The summed E-state index contributed by atoms with van der Waals surface area (Å²) in [6.45, 7) is 6.53. The van der Waals surface area contributed by atoms with E-state index in [9.17, 15) is 0 Å². The van der Waals surface area contributed by atoms with E-state index in [1.807, 2.05) is 6.20 Å². The molecule has 0 amide bonds. The highest BCUT2D eigenvalue weighted by molar-refractivity contribution is 5.83. The van der Waals surface area contributed by atoms with Gasteiger partial charge in [-0.15, -0.1) is 0 Å². The Kier molecular flexibility index (Phi) is 4.15. The molecule has 1 aromatic carbocycles.